The van der Waals surface area contributed by atoms with Gasteiger partial charge in [-0.2, -0.15) is 0 Å². The molecule has 1 atom stereocenters. The highest BCUT2D eigenvalue weighted by atomic mass is 32.1. The van der Waals surface area contributed by atoms with Crippen molar-refractivity contribution >= 4 is 27.5 Å². The molecule has 0 radical (unpaired) electrons. The van der Waals surface area contributed by atoms with Crippen LogP contribution in [0.15, 0.2) is 24.3 Å². The lowest BCUT2D eigenvalue weighted by atomic mass is 10.0. The highest BCUT2D eigenvalue weighted by Crippen LogP contribution is 2.35. The van der Waals surface area contributed by atoms with Gasteiger partial charge in [0.05, 0.1) is 22.8 Å². The van der Waals surface area contributed by atoms with Gasteiger partial charge in [-0.15, -0.1) is 11.3 Å². The van der Waals surface area contributed by atoms with Crippen molar-refractivity contribution in [2.45, 2.75) is 58.0 Å². The number of likely N-dealkylation sites (tertiary alicyclic amines) is 1. The molecule has 0 unspecified atom stereocenters. The van der Waals surface area contributed by atoms with E-state index in [4.69, 9.17) is 4.98 Å². The molecule has 1 fully saturated rings. The van der Waals surface area contributed by atoms with Gasteiger partial charge < -0.3 is 5.32 Å². The van der Waals surface area contributed by atoms with Crippen LogP contribution in [0, 0.1) is 0 Å². The van der Waals surface area contributed by atoms with Crippen molar-refractivity contribution in [1.29, 1.82) is 0 Å². The van der Waals surface area contributed by atoms with Crippen LogP contribution in [0.2, 0.25) is 0 Å². The molecule has 0 bridgehead atoms. The van der Waals surface area contributed by atoms with E-state index >= 15 is 0 Å². The van der Waals surface area contributed by atoms with E-state index in [9.17, 15) is 4.79 Å². The maximum Gasteiger partial charge on any atom is 0.234 e. The Labute approximate surface area is 148 Å². The van der Waals surface area contributed by atoms with Crippen molar-refractivity contribution in [3.63, 3.8) is 0 Å². The monoisotopic (exact) mass is 345 g/mol. The Hall–Kier alpha value is -1.46. The fourth-order valence-electron chi connectivity index (χ4n) is 3.44. The van der Waals surface area contributed by atoms with E-state index < -0.39 is 0 Å². The number of nitrogens with one attached hydrogen (secondary N) is 1. The van der Waals surface area contributed by atoms with E-state index in [0.29, 0.717) is 12.6 Å². The number of thiazole rings is 1. The first-order chi connectivity index (χ1) is 11.7. The average Bonchev–Trinajstić information content (AvgIpc) is 3.04. The highest BCUT2D eigenvalue weighted by Gasteiger charge is 2.28. The first-order valence-corrected chi connectivity index (χ1v) is 9.91. The van der Waals surface area contributed by atoms with E-state index in [2.05, 4.69) is 42.3 Å². The largest absolute Gasteiger partial charge is 0.352 e. The van der Waals surface area contributed by atoms with E-state index in [-0.39, 0.29) is 11.9 Å². The van der Waals surface area contributed by atoms with Crippen LogP contribution in [0.25, 0.3) is 10.2 Å². The summed E-state index contributed by atoms with van der Waals surface area (Å²) in [5, 5.41) is 4.32. The van der Waals surface area contributed by atoms with Gasteiger partial charge in [0, 0.05) is 6.04 Å². The van der Waals surface area contributed by atoms with Gasteiger partial charge in [-0.05, 0) is 44.4 Å². The van der Waals surface area contributed by atoms with Crippen molar-refractivity contribution in [2.24, 2.45) is 0 Å². The predicted octanol–water partition coefficient (Wildman–Crippen LogP) is 4.13. The second-order valence-corrected chi connectivity index (χ2v) is 7.65. The number of piperidine rings is 1. The second kappa shape index (κ2) is 8.08. The normalized spacial score (nSPS) is 19.0. The van der Waals surface area contributed by atoms with Gasteiger partial charge in [-0.25, -0.2) is 4.98 Å². The summed E-state index contributed by atoms with van der Waals surface area (Å²) in [4.78, 5) is 19.6. The lowest BCUT2D eigenvalue weighted by molar-refractivity contribution is -0.124. The average molecular weight is 346 g/mol. The minimum absolute atomic E-state index is 0.150. The number of carbonyl (C=O) groups excluding carboxylic acids is 1. The number of benzene rings is 1. The first-order valence-electron chi connectivity index (χ1n) is 9.10. The fourth-order valence-corrected chi connectivity index (χ4v) is 4.58. The van der Waals surface area contributed by atoms with Gasteiger partial charge in [-0.3, -0.25) is 9.69 Å². The number of aromatic nitrogens is 1. The zero-order chi connectivity index (χ0) is 16.9. The standard InChI is InChI=1S/C19H27N3OS/c1-3-14(4-2)20-18(23)13-22-12-8-7-10-16(22)19-21-15-9-5-6-11-17(15)24-19/h5-6,9,11,14,16H,3-4,7-8,10,12-13H2,1-2H3,(H,20,23)/t16-/m0/s1. The summed E-state index contributed by atoms with van der Waals surface area (Å²) in [6.45, 7) is 5.71. The summed E-state index contributed by atoms with van der Waals surface area (Å²) in [5.41, 5.74) is 1.07. The summed E-state index contributed by atoms with van der Waals surface area (Å²) in [7, 11) is 0. The third-order valence-electron chi connectivity index (χ3n) is 4.91. The molecule has 1 aliphatic heterocycles. The van der Waals surface area contributed by atoms with Crippen molar-refractivity contribution in [3.05, 3.63) is 29.3 Å². The molecule has 0 aliphatic carbocycles. The quantitative estimate of drug-likeness (QED) is 0.856. The molecule has 2 heterocycles. The van der Waals surface area contributed by atoms with Crippen molar-refractivity contribution in [1.82, 2.24) is 15.2 Å². The zero-order valence-corrected chi connectivity index (χ0v) is 15.4. The van der Waals surface area contributed by atoms with E-state index in [1.807, 2.05) is 6.07 Å². The van der Waals surface area contributed by atoms with Crippen molar-refractivity contribution < 1.29 is 4.79 Å². The van der Waals surface area contributed by atoms with Crippen LogP contribution in [-0.2, 0) is 4.79 Å². The summed E-state index contributed by atoms with van der Waals surface area (Å²) < 4.78 is 1.24. The molecule has 2 aromatic rings. The minimum atomic E-state index is 0.150. The van der Waals surface area contributed by atoms with Gasteiger partial charge in [0.1, 0.15) is 5.01 Å². The SMILES string of the molecule is CCC(CC)NC(=O)CN1CCCC[C@H]1c1nc2ccccc2s1. The maximum atomic E-state index is 12.4. The number of rotatable bonds is 6. The smallest absolute Gasteiger partial charge is 0.234 e. The summed E-state index contributed by atoms with van der Waals surface area (Å²) in [6, 6.07) is 8.87. The molecule has 0 saturated carbocycles. The van der Waals surface area contributed by atoms with E-state index in [1.165, 1.54) is 17.5 Å². The van der Waals surface area contributed by atoms with E-state index in [0.717, 1.165) is 36.3 Å². The predicted molar refractivity (Wildman–Crippen MR) is 100 cm³/mol. The molecule has 130 valence electrons. The molecule has 0 spiro atoms. The first kappa shape index (κ1) is 17.4. The molecule has 4 nitrogen and oxygen atoms in total. The number of amides is 1. The number of fused-ring (bicyclic) bond motifs is 1. The fraction of sp³-hybridized carbons (Fsp3) is 0.579. The van der Waals surface area contributed by atoms with Crippen LogP contribution in [0.5, 0.6) is 0 Å². The molecule has 24 heavy (non-hydrogen) atoms. The lowest BCUT2D eigenvalue weighted by Gasteiger charge is -2.34. The number of carbonyl (C=O) groups is 1. The zero-order valence-electron chi connectivity index (χ0n) is 14.6. The van der Waals surface area contributed by atoms with Gasteiger partial charge in [0.2, 0.25) is 5.91 Å². The Morgan fingerprint density at radius 1 is 1.33 bits per heavy atom. The van der Waals surface area contributed by atoms with Crippen LogP contribution in [0.1, 0.15) is 57.0 Å². The number of hydrogen-bond acceptors (Lipinski definition) is 4. The third-order valence-corrected chi connectivity index (χ3v) is 6.04. The molecule has 1 N–H and O–H groups in total. The molecule has 1 aliphatic rings. The molecule has 5 heteroatoms. The second-order valence-electron chi connectivity index (χ2n) is 6.58. The van der Waals surface area contributed by atoms with Crippen LogP contribution < -0.4 is 5.32 Å². The minimum Gasteiger partial charge on any atom is -0.352 e. The number of nitrogens with zero attached hydrogens (tertiary/aromatic N) is 2. The molecule has 3 rings (SSSR count). The van der Waals surface area contributed by atoms with Crippen LogP contribution in [0.4, 0.5) is 0 Å². The topological polar surface area (TPSA) is 45.2 Å². The summed E-state index contributed by atoms with van der Waals surface area (Å²) >= 11 is 1.77. The van der Waals surface area contributed by atoms with Gasteiger partial charge in [0.15, 0.2) is 0 Å². The van der Waals surface area contributed by atoms with Crippen LogP contribution in [-0.4, -0.2) is 34.9 Å². The number of para-hydroxylation sites is 1. The third kappa shape index (κ3) is 3.95. The Kier molecular flexibility index (Phi) is 5.85. The van der Waals surface area contributed by atoms with Crippen LogP contribution in [0.3, 0.4) is 0 Å². The lowest BCUT2D eigenvalue weighted by Crippen LogP contribution is -2.44. The van der Waals surface area contributed by atoms with Gasteiger partial charge in [0.25, 0.3) is 0 Å². The molecular weight excluding hydrogens is 318 g/mol. The van der Waals surface area contributed by atoms with Gasteiger partial charge in [-0.1, -0.05) is 32.4 Å². The van der Waals surface area contributed by atoms with Gasteiger partial charge >= 0.3 is 0 Å². The van der Waals surface area contributed by atoms with Crippen molar-refractivity contribution in [3.8, 4) is 0 Å². The van der Waals surface area contributed by atoms with Crippen molar-refractivity contribution in [2.75, 3.05) is 13.1 Å². The molecule has 1 aromatic heterocycles. The summed E-state index contributed by atoms with van der Waals surface area (Å²) in [6.07, 6.45) is 5.45. The number of hydrogen-bond donors (Lipinski definition) is 1. The van der Waals surface area contributed by atoms with Crippen LogP contribution >= 0.6 is 11.3 Å². The Bertz CT molecular complexity index is 647. The highest BCUT2D eigenvalue weighted by molar-refractivity contribution is 7.18. The Morgan fingerprint density at radius 2 is 2.12 bits per heavy atom. The summed E-state index contributed by atoms with van der Waals surface area (Å²) in [5.74, 6) is 0.150. The van der Waals surface area contributed by atoms with E-state index in [1.54, 1.807) is 11.3 Å². The molecular formula is C19H27N3OS. The molecule has 1 amide bonds. The molecule has 1 aromatic carbocycles. The Morgan fingerprint density at radius 3 is 2.88 bits per heavy atom. The molecule has 1 saturated heterocycles. The maximum absolute atomic E-state index is 12.4. The Balaban J connectivity index is 1.72.